The average Bonchev–Trinajstić information content (AvgIpc) is 3.10. The van der Waals surface area contributed by atoms with Gasteiger partial charge >= 0.3 is 0 Å². The maximum absolute atomic E-state index is 6.18. The molecule has 1 heterocycles. The lowest BCUT2D eigenvalue weighted by molar-refractivity contribution is 0.702. The van der Waals surface area contributed by atoms with Gasteiger partial charge in [-0.25, -0.2) is 0 Å². The van der Waals surface area contributed by atoms with Crippen molar-refractivity contribution in [2.24, 2.45) is 0 Å². The zero-order chi connectivity index (χ0) is 21.1. The Morgan fingerprint density at radius 3 is 2.10 bits per heavy atom. The molecule has 0 aliphatic rings. The number of aromatic nitrogens is 1. The van der Waals surface area contributed by atoms with E-state index in [9.17, 15) is 0 Å². The van der Waals surface area contributed by atoms with Crippen molar-refractivity contribution in [3.8, 4) is 0 Å². The van der Waals surface area contributed by atoms with E-state index in [0.717, 1.165) is 17.7 Å². The first-order valence-corrected chi connectivity index (χ1v) is 10.4. The van der Waals surface area contributed by atoms with Crippen molar-refractivity contribution >= 4 is 16.6 Å². The Labute approximate surface area is 179 Å². The molecule has 0 aliphatic carbocycles. The molecule has 0 amide bonds. The fraction of sp³-hybridized carbons (Fsp3) is 0.143. The van der Waals surface area contributed by atoms with Crippen LogP contribution in [-0.2, 0) is 6.42 Å². The number of nitrogens with zero attached hydrogens (tertiary/aromatic N) is 1. The predicted octanol–water partition coefficient (Wildman–Crippen LogP) is 6.93. The van der Waals surface area contributed by atoms with Crippen LogP contribution in [0, 0.1) is 0 Å². The van der Waals surface area contributed by atoms with Crippen molar-refractivity contribution in [2.75, 3.05) is 5.73 Å². The van der Waals surface area contributed by atoms with E-state index in [2.05, 4.69) is 110 Å². The summed E-state index contributed by atoms with van der Waals surface area (Å²) >= 11 is 0. The van der Waals surface area contributed by atoms with Gasteiger partial charge < -0.3 is 10.3 Å². The number of fused-ring (bicyclic) bond motifs is 1. The van der Waals surface area contributed by atoms with Gasteiger partial charge in [0.15, 0.2) is 0 Å². The summed E-state index contributed by atoms with van der Waals surface area (Å²) in [7, 11) is 0. The van der Waals surface area contributed by atoms with E-state index < -0.39 is 0 Å². The molecular formula is C28H28N2. The lowest BCUT2D eigenvalue weighted by atomic mass is 9.98. The molecule has 3 aromatic carbocycles. The Balaban J connectivity index is 1.95. The summed E-state index contributed by atoms with van der Waals surface area (Å²) in [5.74, 6) is 0. The molecule has 0 bridgehead atoms. The number of allylic oxidation sites excluding steroid dienone is 3. The van der Waals surface area contributed by atoms with E-state index in [4.69, 9.17) is 5.73 Å². The van der Waals surface area contributed by atoms with Gasteiger partial charge in [0.1, 0.15) is 0 Å². The van der Waals surface area contributed by atoms with Crippen LogP contribution in [0.2, 0.25) is 0 Å². The molecule has 4 rings (SSSR count). The molecule has 2 N–H and O–H groups in total. The maximum Gasteiger partial charge on any atom is 0.0839 e. The number of rotatable bonds is 6. The second kappa shape index (κ2) is 8.46. The van der Waals surface area contributed by atoms with Crippen LogP contribution in [0.5, 0.6) is 0 Å². The third-order valence-corrected chi connectivity index (χ3v) is 5.73. The van der Waals surface area contributed by atoms with E-state index >= 15 is 0 Å². The summed E-state index contributed by atoms with van der Waals surface area (Å²) in [4.78, 5) is 0. The van der Waals surface area contributed by atoms with Gasteiger partial charge in [-0.2, -0.15) is 0 Å². The van der Waals surface area contributed by atoms with Crippen LogP contribution >= 0.6 is 0 Å². The summed E-state index contributed by atoms with van der Waals surface area (Å²) in [6.45, 7) is 8.30. The van der Waals surface area contributed by atoms with Crippen molar-refractivity contribution in [3.05, 3.63) is 126 Å². The Kier molecular flexibility index (Phi) is 5.58. The van der Waals surface area contributed by atoms with Gasteiger partial charge in [-0.1, -0.05) is 78.9 Å². The van der Waals surface area contributed by atoms with E-state index in [1.54, 1.807) is 0 Å². The minimum Gasteiger partial charge on any atom is -0.399 e. The third kappa shape index (κ3) is 3.81. The summed E-state index contributed by atoms with van der Waals surface area (Å²) in [5.41, 5.74) is 14.3. The van der Waals surface area contributed by atoms with E-state index in [-0.39, 0.29) is 6.04 Å². The van der Waals surface area contributed by atoms with Crippen LogP contribution in [0.4, 0.5) is 5.69 Å². The summed E-state index contributed by atoms with van der Waals surface area (Å²) in [6.07, 6.45) is 5.29. The lowest BCUT2D eigenvalue weighted by Gasteiger charge is -2.21. The molecule has 150 valence electrons. The van der Waals surface area contributed by atoms with Crippen molar-refractivity contribution in [1.29, 1.82) is 0 Å². The Morgan fingerprint density at radius 1 is 0.967 bits per heavy atom. The van der Waals surface area contributed by atoms with Gasteiger partial charge in [-0.15, -0.1) is 0 Å². The summed E-state index contributed by atoms with van der Waals surface area (Å²) < 4.78 is 2.39. The highest BCUT2D eigenvalue weighted by Crippen LogP contribution is 2.35. The Bertz CT molecular complexity index is 1160. The first kappa shape index (κ1) is 19.8. The van der Waals surface area contributed by atoms with Gasteiger partial charge in [-0.3, -0.25) is 0 Å². The largest absolute Gasteiger partial charge is 0.399 e. The topological polar surface area (TPSA) is 30.9 Å². The molecule has 0 spiro atoms. The third-order valence-electron chi connectivity index (χ3n) is 5.73. The molecule has 0 aliphatic heterocycles. The normalized spacial score (nSPS) is 11.9. The zero-order valence-electron chi connectivity index (χ0n) is 17.7. The number of hydrogen-bond donors (Lipinski definition) is 1. The SMILES string of the molecule is C=C(C)/C(=C\C)Cc1cn(C(c2ccccc2)c2ccccc2)c2ccc(N)cc12. The van der Waals surface area contributed by atoms with Gasteiger partial charge in [0.25, 0.3) is 0 Å². The van der Waals surface area contributed by atoms with Crippen LogP contribution in [-0.4, -0.2) is 4.57 Å². The van der Waals surface area contributed by atoms with Crippen LogP contribution in [0.25, 0.3) is 10.9 Å². The second-order valence-corrected chi connectivity index (χ2v) is 7.83. The van der Waals surface area contributed by atoms with Gasteiger partial charge in [0, 0.05) is 22.8 Å². The summed E-state index contributed by atoms with van der Waals surface area (Å²) in [5, 5.41) is 1.20. The smallest absolute Gasteiger partial charge is 0.0839 e. The Morgan fingerprint density at radius 2 is 1.57 bits per heavy atom. The molecule has 0 unspecified atom stereocenters. The van der Waals surface area contributed by atoms with Crippen molar-refractivity contribution in [2.45, 2.75) is 26.3 Å². The molecule has 0 radical (unpaired) electrons. The maximum atomic E-state index is 6.18. The molecule has 2 nitrogen and oxygen atoms in total. The number of nitrogen functional groups attached to an aromatic ring is 1. The van der Waals surface area contributed by atoms with Crippen molar-refractivity contribution in [3.63, 3.8) is 0 Å². The highest BCUT2D eigenvalue weighted by molar-refractivity contribution is 5.87. The molecule has 0 saturated heterocycles. The number of hydrogen-bond acceptors (Lipinski definition) is 1. The van der Waals surface area contributed by atoms with Crippen molar-refractivity contribution in [1.82, 2.24) is 4.57 Å². The molecule has 0 fully saturated rings. The highest BCUT2D eigenvalue weighted by atomic mass is 15.0. The molecule has 0 atom stereocenters. The molecule has 30 heavy (non-hydrogen) atoms. The van der Waals surface area contributed by atoms with Crippen LogP contribution in [0.15, 0.2) is 109 Å². The monoisotopic (exact) mass is 392 g/mol. The van der Waals surface area contributed by atoms with Gasteiger partial charge in [-0.05, 0) is 60.7 Å². The van der Waals surface area contributed by atoms with E-state index in [0.29, 0.717) is 0 Å². The summed E-state index contributed by atoms with van der Waals surface area (Å²) in [6, 6.07) is 27.7. The first-order valence-electron chi connectivity index (χ1n) is 10.4. The van der Waals surface area contributed by atoms with Crippen LogP contribution in [0.3, 0.4) is 0 Å². The molecule has 2 heteroatoms. The van der Waals surface area contributed by atoms with Gasteiger partial charge in [0.05, 0.1) is 6.04 Å². The fourth-order valence-electron chi connectivity index (χ4n) is 4.19. The number of nitrogens with two attached hydrogens (primary N) is 1. The van der Waals surface area contributed by atoms with E-state index in [1.807, 2.05) is 6.07 Å². The second-order valence-electron chi connectivity index (χ2n) is 7.83. The van der Waals surface area contributed by atoms with Crippen LogP contribution in [0.1, 0.15) is 36.6 Å². The number of anilines is 1. The average molecular weight is 393 g/mol. The zero-order valence-corrected chi connectivity index (χ0v) is 17.7. The number of benzene rings is 3. The molecule has 4 aromatic rings. The molecule has 0 saturated carbocycles. The minimum absolute atomic E-state index is 0.0890. The fourth-order valence-corrected chi connectivity index (χ4v) is 4.19. The van der Waals surface area contributed by atoms with Crippen LogP contribution < -0.4 is 5.73 Å². The molecule has 1 aromatic heterocycles. The predicted molar refractivity (Wildman–Crippen MR) is 129 cm³/mol. The Hall–Kier alpha value is -3.52. The van der Waals surface area contributed by atoms with E-state index in [1.165, 1.54) is 33.2 Å². The molecular weight excluding hydrogens is 364 g/mol. The highest BCUT2D eigenvalue weighted by Gasteiger charge is 2.20. The standard InChI is InChI=1S/C28H28N2/c1-4-21(20(2)3)17-24-19-30(27-16-15-25(29)18-26(24)27)28(22-11-7-5-8-12-22)23-13-9-6-10-14-23/h4-16,18-19,28H,2,17,29H2,1,3H3/b21-4-. The lowest BCUT2D eigenvalue weighted by Crippen LogP contribution is -2.11. The van der Waals surface area contributed by atoms with Crippen molar-refractivity contribution < 1.29 is 0 Å². The first-order chi connectivity index (χ1) is 14.6. The minimum atomic E-state index is 0.0890. The quantitative estimate of drug-likeness (QED) is 0.280. The van der Waals surface area contributed by atoms with Gasteiger partial charge in [0.2, 0.25) is 0 Å².